The van der Waals surface area contributed by atoms with Crippen LogP contribution in [0.2, 0.25) is 0 Å². The molecule has 5 heteroatoms. The van der Waals surface area contributed by atoms with Gasteiger partial charge in [0, 0.05) is 19.1 Å². The van der Waals surface area contributed by atoms with Crippen LogP contribution in [0, 0.1) is 5.82 Å². The Bertz CT molecular complexity index is 435. The third-order valence-corrected chi connectivity index (χ3v) is 3.05. The Morgan fingerprint density at radius 1 is 1.42 bits per heavy atom. The standard InChI is InChI=1S/C14H21FN2O2/c1-10(2)17(9-14(18)19-3)8-11-4-5-13(15)6-12(11)7-16/h4-6,10H,7-9,16H2,1-3H3. The number of methoxy groups -OCH3 is 1. The van der Waals surface area contributed by atoms with E-state index < -0.39 is 0 Å². The fourth-order valence-electron chi connectivity index (χ4n) is 1.81. The number of ether oxygens (including phenoxy) is 1. The summed E-state index contributed by atoms with van der Waals surface area (Å²) in [5.41, 5.74) is 7.31. The highest BCUT2D eigenvalue weighted by Gasteiger charge is 2.16. The van der Waals surface area contributed by atoms with Crippen LogP contribution in [0.15, 0.2) is 18.2 Å². The predicted octanol–water partition coefficient (Wildman–Crippen LogP) is 1.67. The van der Waals surface area contributed by atoms with Gasteiger partial charge in [0.2, 0.25) is 0 Å². The van der Waals surface area contributed by atoms with Crippen LogP contribution >= 0.6 is 0 Å². The van der Waals surface area contributed by atoms with E-state index in [9.17, 15) is 9.18 Å². The van der Waals surface area contributed by atoms with Crippen molar-refractivity contribution in [2.24, 2.45) is 5.73 Å². The van der Waals surface area contributed by atoms with Crippen LogP contribution in [-0.4, -0.2) is 30.6 Å². The molecule has 1 rings (SSSR count). The Labute approximate surface area is 113 Å². The van der Waals surface area contributed by atoms with Crippen molar-refractivity contribution in [2.75, 3.05) is 13.7 Å². The third kappa shape index (κ3) is 4.61. The lowest BCUT2D eigenvalue weighted by molar-refractivity contribution is -0.142. The first kappa shape index (κ1) is 15.6. The second kappa shape index (κ2) is 7.21. The second-order valence-electron chi connectivity index (χ2n) is 4.69. The molecule has 0 aliphatic rings. The zero-order valence-electron chi connectivity index (χ0n) is 11.6. The van der Waals surface area contributed by atoms with Gasteiger partial charge in [-0.1, -0.05) is 6.07 Å². The minimum atomic E-state index is -0.298. The highest BCUT2D eigenvalue weighted by Crippen LogP contribution is 2.15. The van der Waals surface area contributed by atoms with Gasteiger partial charge >= 0.3 is 5.97 Å². The molecule has 0 aliphatic heterocycles. The van der Waals surface area contributed by atoms with E-state index in [1.165, 1.54) is 19.2 Å². The molecular weight excluding hydrogens is 247 g/mol. The molecule has 0 bridgehead atoms. The first-order valence-electron chi connectivity index (χ1n) is 6.26. The number of hydrogen-bond donors (Lipinski definition) is 1. The summed E-state index contributed by atoms with van der Waals surface area (Å²) in [6, 6.07) is 4.73. The molecule has 0 spiro atoms. The summed E-state index contributed by atoms with van der Waals surface area (Å²) < 4.78 is 17.8. The van der Waals surface area contributed by atoms with Gasteiger partial charge in [-0.3, -0.25) is 9.69 Å². The summed E-state index contributed by atoms with van der Waals surface area (Å²) in [6.45, 7) is 5.01. The lowest BCUT2D eigenvalue weighted by atomic mass is 10.1. The lowest BCUT2D eigenvalue weighted by Gasteiger charge is -2.26. The van der Waals surface area contributed by atoms with E-state index in [-0.39, 0.29) is 30.9 Å². The van der Waals surface area contributed by atoms with Gasteiger partial charge in [0.1, 0.15) is 5.82 Å². The first-order valence-corrected chi connectivity index (χ1v) is 6.26. The van der Waals surface area contributed by atoms with Crippen molar-refractivity contribution in [3.8, 4) is 0 Å². The van der Waals surface area contributed by atoms with Crippen molar-refractivity contribution >= 4 is 5.97 Å². The highest BCUT2D eigenvalue weighted by atomic mass is 19.1. The molecule has 0 aromatic heterocycles. The maximum absolute atomic E-state index is 13.2. The molecule has 0 fully saturated rings. The summed E-state index contributed by atoms with van der Waals surface area (Å²) >= 11 is 0. The maximum Gasteiger partial charge on any atom is 0.319 e. The predicted molar refractivity (Wildman–Crippen MR) is 71.9 cm³/mol. The van der Waals surface area contributed by atoms with Crippen molar-refractivity contribution in [1.29, 1.82) is 0 Å². The van der Waals surface area contributed by atoms with Gasteiger partial charge in [0.05, 0.1) is 13.7 Å². The summed E-state index contributed by atoms with van der Waals surface area (Å²) in [4.78, 5) is 13.3. The summed E-state index contributed by atoms with van der Waals surface area (Å²) in [5.74, 6) is -0.585. The topological polar surface area (TPSA) is 55.6 Å². The zero-order chi connectivity index (χ0) is 14.4. The molecule has 0 heterocycles. The molecule has 0 saturated carbocycles. The number of hydrogen-bond acceptors (Lipinski definition) is 4. The Hall–Kier alpha value is -1.46. The number of nitrogens with two attached hydrogens (primary N) is 1. The molecule has 0 saturated heterocycles. The van der Waals surface area contributed by atoms with Crippen molar-refractivity contribution in [3.05, 3.63) is 35.1 Å². The minimum absolute atomic E-state index is 0.176. The lowest BCUT2D eigenvalue weighted by Crippen LogP contribution is -2.36. The van der Waals surface area contributed by atoms with Crippen LogP contribution in [0.1, 0.15) is 25.0 Å². The number of esters is 1. The Kier molecular flexibility index (Phi) is 5.92. The fourth-order valence-corrected chi connectivity index (χ4v) is 1.81. The average Bonchev–Trinajstić information content (AvgIpc) is 2.39. The summed E-state index contributed by atoms with van der Waals surface area (Å²) in [7, 11) is 1.37. The smallest absolute Gasteiger partial charge is 0.319 e. The van der Waals surface area contributed by atoms with Gasteiger partial charge in [0.15, 0.2) is 0 Å². The molecule has 0 radical (unpaired) electrons. The van der Waals surface area contributed by atoms with E-state index in [1.807, 2.05) is 18.7 Å². The second-order valence-corrected chi connectivity index (χ2v) is 4.69. The average molecular weight is 268 g/mol. The first-order chi connectivity index (χ1) is 8.97. The molecule has 1 aromatic rings. The Morgan fingerprint density at radius 2 is 2.11 bits per heavy atom. The molecule has 2 N–H and O–H groups in total. The largest absolute Gasteiger partial charge is 0.468 e. The van der Waals surface area contributed by atoms with Crippen LogP contribution in [0.5, 0.6) is 0 Å². The van der Waals surface area contributed by atoms with Gasteiger partial charge in [0.25, 0.3) is 0 Å². The molecule has 4 nitrogen and oxygen atoms in total. The molecule has 0 aliphatic carbocycles. The van der Waals surface area contributed by atoms with Gasteiger partial charge in [-0.05, 0) is 37.1 Å². The quantitative estimate of drug-likeness (QED) is 0.797. The summed E-state index contributed by atoms with van der Waals surface area (Å²) in [5, 5.41) is 0. The van der Waals surface area contributed by atoms with E-state index in [1.54, 1.807) is 6.07 Å². The van der Waals surface area contributed by atoms with E-state index >= 15 is 0 Å². The van der Waals surface area contributed by atoms with Crippen molar-refractivity contribution < 1.29 is 13.9 Å². The molecule has 0 atom stereocenters. The number of carbonyl (C=O) groups is 1. The molecule has 0 amide bonds. The van der Waals surface area contributed by atoms with Gasteiger partial charge in [-0.2, -0.15) is 0 Å². The zero-order valence-corrected chi connectivity index (χ0v) is 11.6. The van der Waals surface area contributed by atoms with Gasteiger partial charge in [-0.25, -0.2) is 4.39 Å². The molecule has 1 aromatic carbocycles. The number of halogens is 1. The van der Waals surface area contributed by atoms with E-state index in [0.29, 0.717) is 6.54 Å². The van der Waals surface area contributed by atoms with Crippen molar-refractivity contribution in [2.45, 2.75) is 33.0 Å². The summed E-state index contributed by atoms with van der Waals surface area (Å²) in [6.07, 6.45) is 0. The van der Waals surface area contributed by atoms with Crippen LogP contribution in [0.25, 0.3) is 0 Å². The van der Waals surface area contributed by atoms with Crippen LogP contribution in [0.3, 0.4) is 0 Å². The number of carbonyl (C=O) groups excluding carboxylic acids is 1. The maximum atomic E-state index is 13.2. The van der Waals surface area contributed by atoms with E-state index in [4.69, 9.17) is 5.73 Å². The normalized spacial score (nSPS) is 11.1. The molecular formula is C14H21FN2O2. The van der Waals surface area contributed by atoms with Gasteiger partial charge < -0.3 is 10.5 Å². The minimum Gasteiger partial charge on any atom is -0.468 e. The van der Waals surface area contributed by atoms with Crippen LogP contribution in [0.4, 0.5) is 4.39 Å². The number of benzene rings is 1. The van der Waals surface area contributed by atoms with Gasteiger partial charge in [-0.15, -0.1) is 0 Å². The van der Waals surface area contributed by atoms with Crippen molar-refractivity contribution in [3.63, 3.8) is 0 Å². The number of nitrogens with zero attached hydrogens (tertiary/aromatic N) is 1. The highest BCUT2D eigenvalue weighted by molar-refractivity contribution is 5.71. The molecule has 0 unspecified atom stereocenters. The monoisotopic (exact) mass is 268 g/mol. The van der Waals surface area contributed by atoms with E-state index in [2.05, 4.69) is 4.74 Å². The fraction of sp³-hybridized carbons (Fsp3) is 0.500. The SMILES string of the molecule is COC(=O)CN(Cc1ccc(F)cc1CN)C(C)C. The van der Waals surface area contributed by atoms with Crippen LogP contribution < -0.4 is 5.73 Å². The Morgan fingerprint density at radius 3 is 2.63 bits per heavy atom. The Balaban J connectivity index is 2.87. The number of rotatable bonds is 6. The van der Waals surface area contributed by atoms with Crippen LogP contribution in [-0.2, 0) is 22.6 Å². The van der Waals surface area contributed by atoms with E-state index in [0.717, 1.165) is 11.1 Å². The third-order valence-electron chi connectivity index (χ3n) is 3.05. The van der Waals surface area contributed by atoms with Crippen molar-refractivity contribution in [1.82, 2.24) is 4.90 Å². The molecule has 19 heavy (non-hydrogen) atoms. The molecule has 106 valence electrons.